The minimum atomic E-state index is -0.572. The molecule has 1 aromatic rings. The number of hydrogen-bond acceptors (Lipinski definition) is 5. The summed E-state index contributed by atoms with van der Waals surface area (Å²) in [5.74, 6) is -1.22. The first-order valence-corrected chi connectivity index (χ1v) is 7.88. The van der Waals surface area contributed by atoms with Crippen LogP contribution in [-0.2, 0) is 19.1 Å². The quantitative estimate of drug-likeness (QED) is 0.625. The first kappa shape index (κ1) is 18.2. The van der Waals surface area contributed by atoms with Crippen molar-refractivity contribution in [3.8, 4) is 6.07 Å². The van der Waals surface area contributed by atoms with E-state index >= 15 is 0 Å². The van der Waals surface area contributed by atoms with Crippen LogP contribution in [0.15, 0.2) is 30.5 Å². The van der Waals surface area contributed by atoms with Crippen LogP contribution in [0.4, 0.5) is 0 Å². The summed E-state index contributed by atoms with van der Waals surface area (Å²) in [6, 6.07) is 8.93. The van der Waals surface area contributed by atoms with E-state index in [1.54, 1.807) is 6.20 Å². The molecule has 2 rings (SSSR count). The predicted molar refractivity (Wildman–Crippen MR) is 89.6 cm³/mol. The highest BCUT2D eigenvalue weighted by Crippen LogP contribution is 2.32. The molecule has 1 aliphatic rings. The molecule has 7 heteroatoms. The number of hydrogen-bond donors (Lipinski definition) is 1. The van der Waals surface area contributed by atoms with E-state index in [4.69, 9.17) is 10.00 Å². The van der Waals surface area contributed by atoms with Crippen LogP contribution in [0.3, 0.4) is 0 Å². The number of benzene rings is 1. The van der Waals surface area contributed by atoms with Crippen LogP contribution in [0.1, 0.15) is 36.9 Å². The third-order valence-electron chi connectivity index (χ3n) is 3.75. The van der Waals surface area contributed by atoms with Crippen LogP contribution in [0.25, 0.3) is 6.08 Å². The SMILES string of the molecule is CC(=O)N1C=Cc2ccccc2[C@@H]1CC(=O)OCC(=O)NCCC#N. The standard InChI is InChI=1S/C18H19N3O4/c1-13(22)21-10-7-14-5-2-3-6-15(14)16(21)11-18(24)25-12-17(23)20-9-4-8-19/h2-3,5-7,10,16H,4,9,11-12H2,1H3,(H,20,23)/t16-/m0/s1. The summed E-state index contributed by atoms with van der Waals surface area (Å²) in [6.07, 6.45) is 3.61. The van der Waals surface area contributed by atoms with E-state index in [0.717, 1.165) is 11.1 Å². The summed E-state index contributed by atoms with van der Waals surface area (Å²) in [5, 5.41) is 10.9. The maximum atomic E-state index is 12.1. The minimum Gasteiger partial charge on any atom is -0.456 e. The van der Waals surface area contributed by atoms with Crippen molar-refractivity contribution in [2.24, 2.45) is 0 Å². The first-order valence-electron chi connectivity index (χ1n) is 7.88. The zero-order chi connectivity index (χ0) is 18.2. The van der Waals surface area contributed by atoms with E-state index in [0.29, 0.717) is 0 Å². The second kappa shape index (κ2) is 8.64. The molecule has 1 heterocycles. The molecule has 0 bridgehead atoms. The predicted octanol–water partition coefficient (Wildman–Crippen LogP) is 1.52. The number of fused-ring (bicyclic) bond motifs is 1. The van der Waals surface area contributed by atoms with Crippen LogP contribution in [0.5, 0.6) is 0 Å². The number of amides is 2. The van der Waals surface area contributed by atoms with Crippen LogP contribution in [0, 0.1) is 11.3 Å². The topological polar surface area (TPSA) is 99.5 Å². The third kappa shape index (κ3) is 4.91. The van der Waals surface area contributed by atoms with Gasteiger partial charge in [0.25, 0.3) is 5.91 Å². The molecule has 1 aromatic carbocycles. The highest BCUT2D eigenvalue weighted by Gasteiger charge is 2.28. The zero-order valence-corrected chi connectivity index (χ0v) is 13.9. The van der Waals surface area contributed by atoms with Gasteiger partial charge in [-0.05, 0) is 17.2 Å². The van der Waals surface area contributed by atoms with E-state index < -0.39 is 24.5 Å². The van der Waals surface area contributed by atoms with E-state index in [1.807, 2.05) is 36.4 Å². The Morgan fingerprint density at radius 2 is 2.08 bits per heavy atom. The molecule has 0 saturated heterocycles. The van der Waals surface area contributed by atoms with Crippen molar-refractivity contribution in [2.45, 2.75) is 25.8 Å². The second-order valence-electron chi connectivity index (χ2n) is 5.51. The number of esters is 1. The molecule has 1 aliphatic heterocycles. The molecule has 2 amide bonds. The van der Waals surface area contributed by atoms with Crippen molar-refractivity contribution in [3.05, 3.63) is 41.6 Å². The minimum absolute atomic E-state index is 0.0492. The average molecular weight is 341 g/mol. The third-order valence-corrected chi connectivity index (χ3v) is 3.75. The van der Waals surface area contributed by atoms with Gasteiger partial charge in [-0.15, -0.1) is 0 Å². The van der Waals surface area contributed by atoms with Crippen LogP contribution in [-0.4, -0.2) is 35.8 Å². The first-order chi connectivity index (χ1) is 12.0. The summed E-state index contributed by atoms with van der Waals surface area (Å²) in [7, 11) is 0. The number of nitrogens with zero attached hydrogens (tertiary/aromatic N) is 2. The van der Waals surface area contributed by atoms with Crippen LogP contribution >= 0.6 is 0 Å². The molecule has 1 N–H and O–H groups in total. The molecule has 130 valence electrons. The molecular formula is C18H19N3O4. The summed E-state index contributed by atoms with van der Waals surface area (Å²) >= 11 is 0. The van der Waals surface area contributed by atoms with E-state index in [-0.39, 0.29) is 25.3 Å². The molecule has 0 unspecified atom stereocenters. The second-order valence-corrected chi connectivity index (χ2v) is 5.51. The maximum absolute atomic E-state index is 12.1. The lowest BCUT2D eigenvalue weighted by Gasteiger charge is -2.32. The van der Waals surface area contributed by atoms with Crippen molar-refractivity contribution >= 4 is 23.9 Å². The Labute approximate surface area is 145 Å². The van der Waals surface area contributed by atoms with Gasteiger partial charge in [0, 0.05) is 19.7 Å². The Morgan fingerprint density at radius 1 is 1.32 bits per heavy atom. The van der Waals surface area contributed by atoms with Crippen molar-refractivity contribution in [3.63, 3.8) is 0 Å². The Morgan fingerprint density at radius 3 is 2.80 bits per heavy atom. The van der Waals surface area contributed by atoms with Gasteiger partial charge in [-0.1, -0.05) is 24.3 Å². The molecule has 1 atom stereocenters. The number of rotatable bonds is 6. The van der Waals surface area contributed by atoms with Gasteiger partial charge in [0.1, 0.15) is 0 Å². The van der Waals surface area contributed by atoms with Crippen molar-refractivity contribution in [1.82, 2.24) is 10.2 Å². The molecule has 0 aliphatic carbocycles. The lowest BCUT2D eigenvalue weighted by Crippen LogP contribution is -2.34. The lowest BCUT2D eigenvalue weighted by molar-refractivity contribution is -0.150. The average Bonchev–Trinajstić information content (AvgIpc) is 2.60. The number of ether oxygens (including phenoxy) is 1. The molecule has 0 saturated carbocycles. The Kier molecular flexibility index (Phi) is 6.29. The zero-order valence-electron chi connectivity index (χ0n) is 13.9. The van der Waals surface area contributed by atoms with Gasteiger partial charge in [0.15, 0.2) is 6.61 Å². The van der Waals surface area contributed by atoms with Gasteiger partial charge < -0.3 is 15.0 Å². The van der Waals surface area contributed by atoms with E-state index in [9.17, 15) is 14.4 Å². The van der Waals surface area contributed by atoms with E-state index in [1.165, 1.54) is 11.8 Å². The largest absolute Gasteiger partial charge is 0.456 e. The Hall–Kier alpha value is -3.14. The van der Waals surface area contributed by atoms with Crippen molar-refractivity contribution in [1.29, 1.82) is 5.26 Å². The number of carbonyl (C=O) groups excluding carboxylic acids is 3. The molecule has 0 spiro atoms. The molecule has 0 radical (unpaired) electrons. The number of nitriles is 1. The van der Waals surface area contributed by atoms with Gasteiger partial charge in [0.05, 0.1) is 25.0 Å². The normalized spacial score (nSPS) is 15.0. The van der Waals surface area contributed by atoms with E-state index in [2.05, 4.69) is 5.32 Å². The molecule has 0 fully saturated rings. The van der Waals surface area contributed by atoms with Gasteiger partial charge in [0.2, 0.25) is 5.91 Å². The van der Waals surface area contributed by atoms with Gasteiger partial charge in [-0.3, -0.25) is 14.4 Å². The fraction of sp³-hybridized carbons (Fsp3) is 0.333. The van der Waals surface area contributed by atoms with Crippen molar-refractivity contribution in [2.75, 3.05) is 13.2 Å². The monoisotopic (exact) mass is 341 g/mol. The van der Waals surface area contributed by atoms with Gasteiger partial charge in [-0.25, -0.2) is 0 Å². The molecule has 7 nitrogen and oxygen atoms in total. The van der Waals surface area contributed by atoms with Gasteiger partial charge in [-0.2, -0.15) is 5.26 Å². The fourth-order valence-corrected chi connectivity index (χ4v) is 2.58. The summed E-state index contributed by atoms with van der Waals surface area (Å²) < 4.78 is 4.98. The maximum Gasteiger partial charge on any atom is 0.308 e. The number of carbonyl (C=O) groups is 3. The molecule has 0 aromatic heterocycles. The number of nitrogens with one attached hydrogen (secondary N) is 1. The lowest BCUT2D eigenvalue weighted by atomic mass is 9.94. The Bertz CT molecular complexity index is 736. The van der Waals surface area contributed by atoms with Crippen LogP contribution < -0.4 is 5.32 Å². The highest BCUT2D eigenvalue weighted by atomic mass is 16.5. The summed E-state index contributed by atoms with van der Waals surface area (Å²) in [6.45, 7) is 1.24. The Balaban J connectivity index is 1.98. The smallest absolute Gasteiger partial charge is 0.308 e. The molecular weight excluding hydrogens is 322 g/mol. The van der Waals surface area contributed by atoms with Gasteiger partial charge >= 0.3 is 5.97 Å². The van der Waals surface area contributed by atoms with Crippen molar-refractivity contribution < 1.29 is 19.1 Å². The summed E-state index contributed by atoms with van der Waals surface area (Å²) in [4.78, 5) is 36.9. The molecule has 25 heavy (non-hydrogen) atoms. The summed E-state index contributed by atoms with van der Waals surface area (Å²) in [5.41, 5.74) is 1.79. The van der Waals surface area contributed by atoms with Crippen LogP contribution in [0.2, 0.25) is 0 Å². The highest BCUT2D eigenvalue weighted by molar-refractivity contribution is 5.82. The fourth-order valence-electron chi connectivity index (χ4n) is 2.58.